The third-order valence-corrected chi connectivity index (χ3v) is 4.88. The number of nitrogens with zero attached hydrogens (tertiary/aromatic N) is 2. The Balaban J connectivity index is 2.27. The van der Waals surface area contributed by atoms with Gasteiger partial charge < -0.3 is 4.90 Å². The van der Waals surface area contributed by atoms with Gasteiger partial charge in [0.15, 0.2) is 0 Å². The van der Waals surface area contributed by atoms with E-state index >= 15 is 0 Å². The molecule has 17 heavy (non-hydrogen) atoms. The molecule has 1 aliphatic rings. The molecule has 1 aliphatic heterocycles. The monoisotopic (exact) mass is 254 g/mol. The van der Waals surface area contributed by atoms with Gasteiger partial charge >= 0.3 is 0 Å². The minimum Gasteiger partial charge on any atom is -0.302 e. The first kappa shape index (κ1) is 14.9. The maximum absolute atomic E-state index is 8.98. The maximum Gasteiger partial charge on any atom is 0.0683 e. The van der Waals surface area contributed by atoms with Crippen LogP contribution in [0, 0.1) is 16.7 Å². The van der Waals surface area contributed by atoms with Gasteiger partial charge in [-0.15, -0.1) is 0 Å². The van der Waals surface area contributed by atoms with Crippen molar-refractivity contribution in [3.05, 3.63) is 0 Å². The van der Waals surface area contributed by atoms with Crippen LogP contribution in [0.2, 0.25) is 0 Å². The van der Waals surface area contributed by atoms with Gasteiger partial charge in [0, 0.05) is 17.0 Å². The number of hydrogen-bond donors (Lipinski definition) is 0. The van der Waals surface area contributed by atoms with E-state index in [2.05, 4.69) is 36.6 Å². The molecule has 0 aliphatic carbocycles. The molecule has 1 fully saturated rings. The summed E-state index contributed by atoms with van der Waals surface area (Å²) in [4.78, 5) is 2.56. The summed E-state index contributed by atoms with van der Waals surface area (Å²) < 4.78 is 0.445. The summed E-state index contributed by atoms with van der Waals surface area (Å²) >= 11 is 2.09. The summed E-state index contributed by atoms with van der Waals surface area (Å²) in [6.07, 6.45) is 3.43. The maximum atomic E-state index is 8.98. The summed E-state index contributed by atoms with van der Waals surface area (Å²) in [7, 11) is 0. The highest BCUT2D eigenvalue weighted by atomic mass is 32.2. The van der Waals surface area contributed by atoms with E-state index in [-0.39, 0.29) is 5.41 Å². The lowest BCUT2D eigenvalue weighted by atomic mass is 9.90. The molecule has 1 heterocycles. The van der Waals surface area contributed by atoms with Crippen LogP contribution in [0.5, 0.6) is 0 Å². The lowest BCUT2D eigenvalue weighted by Gasteiger charge is -2.23. The number of thioether (sulfide) groups is 1. The quantitative estimate of drug-likeness (QED) is 0.768. The topological polar surface area (TPSA) is 27.0 Å². The summed E-state index contributed by atoms with van der Waals surface area (Å²) in [6, 6.07) is 2.38. The second-order valence-corrected chi connectivity index (χ2v) is 8.10. The number of rotatable bonds is 4. The molecular weight excluding hydrogens is 228 g/mol. The zero-order chi connectivity index (χ0) is 12.9. The molecule has 1 rings (SSSR count). The zero-order valence-corrected chi connectivity index (χ0v) is 12.6. The van der Waals surface area contributed by atoms with Gasteiger partial charge in [-0.2, -0.15) is 17.0 Å². The van der Waals surface area contributed by atoms with Crippen LogP contribution >= 0.6 is 11.8 Å². The second-order valence-electron chi connectivity index (χ2n) is 6.30. The SMILES string of the molecule is CC(C)(C#N)CCCN1CCSC(C)(C)CC1. The molecule has 0 atom stereocenters. The molecule has 3 heteroatoms. The summed E-state index contributed by atoms with van der Waals surface area (Å²) in [5.74, 6) is 1.24. The number of nitriles is 1. The van der Waals surface area contributed by atoms with Crippen molar-refractivity contribution in [1.29, 1.82) is 5.26 Å². The van der Waals surface area contributed by atoms with Crippen LogP contribution in [0.1, 0.15) is 47.0 Å². The highest BCUT2D eigenvalue weighted by Crippen LogP contribution is 2.31. The molecule has 0 bridgehead atoms. The molecule has 0 spiro atoms. The van der Waals surface area contributed by atoms with Crippen LogP contribution in [0.15, 0.2) is 0 Å². The fourth-order valence-corrected chi connectivity index (χ4v) is 3.22. The van der Waals surface area contributed by atoms with Gasteiger partial charge in [0.25, 0.3) is 0 Å². The van der Waals surface area contributed by atoms with Crippen molar-refractivity contribution in [3.63, 3.8) is 0 Å². The molecule has 0 amide bonds. The van der Waals surface area contributed by atoms with Crippen LogP contribution in [0.3, 0.4) is 0 Å². The normalized spacial score (nSPS) is 21.8. The third-order valence-electron chi connectivity index (χ3n) is 3.51. The van der Waals surface area contributed by atoms with E-state index < -0.39 is 0 Å². The first-order valence-corrected chi connectivity index (χ1v) is 7.61. The largest absolute Gasteiger partial charge is 0.302 e. The standard InChI is InChI=1S/C14H26N2S/c1-13(2,12-15)6-5-8-16-9-7-14(3,4)17-11-10-16/h5-11H2,1-4H3. The Morgan fingerprint density at radius 3 is 2.71 bits per heavy atom. The van der Waals surface area contributed by atoms with Gasteiger partial charge in [-0.3, -0.25) is 0 Å². The first-order valence-electron chi connectivity index (χ1n) is 6.62. The van der Waals surface area contributed by atoms with E-state index in [4.69, 9.17) is 5.26 Å². The van der Waals surface area contributed by atoms with E-state index in [1.54, 1.807) is 0 Å². The van der Waals surface area contributed by atoms with Crippen LogP contribution in [0.25, 0.3) is 0 Å². The summed E-state index contributed by atoms with van der Waals surface area (Å²) in [5.41, 5.74) is -0.153. The Labute approximate surface area is 111 Å². The Kier molecular flexibility index (Phi) is 5.34. The molecule has 0 saturated carbocycles. The van der Waals surface area contributed by atoms with Crippen molar-refractivity contribution in [2.24, 2.45) is 5.41 Å². The van der Waals surface area contributed by atoms with E-state index in [9.17, 15) is 0 Å². The Bertz CT molecular complexity index is 278. The fraction of sp³-hybridized carbons (Fsp3) is 0.929. The smallest absolute Gasteiger partial charge is 0.0683 e. The van der Waals surface area contributed by atoms with Crippen molar-refractivity contribution < 1.29 is 0 Å². The predicted molar refractivity (Wildman–Crippen MR) is 76.2 cm³/mol. The fourth-order valence-electron chi connectivity index (χ4n) is 2.09. The average Bonchev–Trinajstić information content (AvgIpc) is 2.40. The van der Waals surface area contributed by atoms with Crippen LogP contribution < -0.4 is 0 Å². The van der Waals surface area contributed by atoms with E-state index in [1.165, 1.54) is 25.3 Å². The molecule has 0 radical (unpaired) electrons. The van der Waals surface area contributed by atoms with Crippen molar-refractivity contribution in [2.75, 3.05) is 25.4 Å². The molecule has 0 unspecified atom stereocenters. The molecule has 2 nitrogen and oxygen atoms in total. The first-order chi connectivity index (χ1) is 7.85. The van der Waals surface area contributed by atoms with Crippen LogP contribution in [0.4, 0.5) is 0 Å². The lowest BCUT2D eigenvalue weighted by molar-refractivity contribution is 0.265. The molecule has 0 aromatic carbocycles. The zero-order valence-electron chi connectivity index (χ0n) is 11.8. The van der Waals surface area contributed by atoms with E-state index in [0.29, 0.717) is 4.75 Å². The molecule has 1 saturated heterocycles. The predicted octanol–water partition coefficient (Wildman–Crippen LogP) is 3.53. The summed E-state index contributed by atoms with van der Waals surface area (Å²) in [6.45, 7) is 12.3. The van der Waals surface area contributed by atoms with Crippen molar-refractivity contribution >= 4 is 11.8 Å². The van der Waals surface area contributed by atoms with Crippen LogP contribution in [-0.4, -0.2) is 35.0 Å². The molecular formula is C14H26N2S. The number of hydrogen-bond acceptors (Lipinski definition) is 3. The summed E-state index contributed by atoms with van der Waals surface area (Å²) in [5, 5.41) is 8.98. The van der Waals surface area contributed by atoms with Gasteiger partial charge in [-0.05, 0) is 46.2 Å². The van der Waals surface area contributed by atoms with Crippen molar-refractivity contribution in [2.45, 2.75) is 51.7 Å². The Hall–Kier alpha value is -0.200. The van der Waals surface area contributed by atoms with Gasteiger partial charge in [-0.25, -0.2) is 0 Å². The third kappa shape index (κ3) is 5.79. The van der Waals surface area contributed by atoms with E-state index in [1.807, 2.05) is 13.8 Å². The molecule has 98 valence electrons. The average molecular weight is 254 g/mol. The van der Waals surface area contributed by atoms with Crippen LogP contribution in [-0.2, 0) is 0 Å². The molecule has 0 aromatic rings. The Morgan fingerprint density at radius 1 is 1.35 bits per heavy atom. The highest BCUT2D eigenvalue weighted by Gasteiger charge is 2.24. The molecule has 0 N–H and O–H groups in total. The van der Waals surface area contributed by atoms with E-state index in [0.717, 1.165) is 19.4 Å². The lowest BCUT2D eigenvalue weighted by Crippen LogP contribution is -2.29. The van der Waals surface area contributed by atoms with Crippen molar-refractivity contribution in [3.8, 4) is 6.07 Å². The van der Waals surface area contributed by atoms with Gasteiger partial charge in [0.2, 0.25) is 0 Å². The second kappa shape index (κ2) is 6.11. The van der Waals surface area contributed by atoms with Crippen molar-refractivity contribution in [1.82, 2.24) is 4.90 Å². The minimum absolute atomic E-state index is 0.153. The van der Waals surface area contributed by atoms with Gasteiger partial charge in [-0.1, -0.05) is 13.8 Å². The minimum atomic E-state index is -0.153. The Morgan fingerprint density at radius 2 is 2.06 bits per heavy atom. The van der Waals surface area contributed by atoms with Gasteiger partial charge in [0.05, 0.1) is 11.5 Å². The van der Waals surface area contributed by atoms with Gasteiger partial charge in [0.1, 0.15) is 0 Å². The highest BCUT2D eigenvalue weighted by molar-refractivity contribution is 8.00. The molecule has 0 aromatic heterocycles.